The first-order valence-electron chi connectivity index (χ1n) is 26.1. The van der Waals surface area contributed by atoms with E-state index in [1.54, 1.807) is 0 Å². The summed E-state index contributed by atoms with van der Waals surface area (Å²) < 4.78 is 319. The normalized spacial score (nSPS) is 12.4. The van der Waals surface area contributed by atoms with Gasteiger partial charge in [-0.15, -0.1) is 22.1 Å². The second-order valence-corrected chi connectivity index (χ2v) is 32.2. The molecule has 28 nitrogen and oxygen atoms in total. The molecular weight excluding hydrogens is 1610 g/mol. The summed E-state index contributed by atoms with van der Waals surface area (Å²) in [5.74, 6) is 0. The Morgan fingerprint density at radius 2 is 0.366 bits per heavy atom. The van der Waals surface area contributed by atoms with Gasteiger partial charge in [-0.1, -0.05) is 24.3 Å². The number of fused-ring (bicyclic) bond motifs is 8. The largest absolute Gasteiger partial charge is 2.00 e. The van der Waals surface area contributed by atoms with Crippen LogP contribution in [-0.2, 0) is 98.0 Å². The number of hydrogen-bond donors (Lipinski definition) is 0. The zero-order chi connectivity index (χ0) is 69.3. The molecule has 0 saturated carbocycles. The van der Waals surface area contributed by atoms with Crippen molar-refractivity contribution in [2.24, 2.45) is 0 Å². The molecular formula is C56H44FeN4Na8O24S8. The van der Waals surface area contributed by atoms with Crippen molar-refractivity contribution < 1.29 is 357 Å². The second kappa shape index (κ2) is 35.5. The van der Waals surface area contributed by atoms with Gasteiger partial charge in [0.2, 0.25) is 0 Å². The van der Waals surface area contributed by atoms with Crippen molar-refractivity contribution in [1.29, 1.82) is 0 Å². The minimum atomic E-state index is -5.80. The molecule has 0 spiro atoms. The first kappa shape index (κ1) is 102. The summed E-state index contributed by atoms with van der Waals surface area (Å²) in [5, 5.41) is 0. The van der Waals surface area contributed by atoms with Crippen LogP contribution in [0.4, 0.5) is 0 Å². The summed E-state index contributed by atoms with van der Waals surface area (Å²) in [6.07, 6.45) is 4.44. The molecule has 101 heavy (non-hydrogen) atoms. The molecule has 0 N–H and O–H groups in total. The third-order valence-electron chi connectivity index (χ3n) is 16.1. The van der Waals surface area contributed by atoms with E-state index >= 15 is 0 Å². The van der Waals surface area contributed by atoms with E-state index in [4.69, 9.17) is 19.9 Å². The van der Waals surface area contributed by atoms with Gasteiger partial charge < -0.3 is 46.4 Å². The fourth-order valence-corrected chi connectivity index (χ4v) is 21.2. The monoisotopic (exact) mass is 1650 g/mol. The van der Waals surface area contributed by atoms with Crippen LogP contribution in [0.1, 0.15) is 89.5 Å². The Kier molecular flexibility index (Phi) is 36.0. The Morgan fingerprint density at radius 3 is 0.535 bits per heavy atom. The Labute approximate surface area is 771 Å². The zero-order valence-corrected chi connectivity index (χ0v) is 81.5. The maximum Gasteiger partial charge on any atom is 2.00 e. The summed E-state index contributed by atoms with van der Waals surface area (Å²) in [6.45, 7) is 11.8. The summed E-state index contributed by atoms with van der Waals surface area (Å²) in [5.41, 5.74) is -15.7. The van der Waals surface area contributed by atoms with E-state index in [1.165, 1.54) is 0 Å². The second-order valence-electron chi connectivity index (χ2n) is 21.6. The van der Waals surface area contributed by atoms with E-state index in [0.717, 1.165) is 132 Å². The maximum absolute atomic E-state index is 13.3. The standard InChI is InChI=1S/C56H52N4O24S8.Fe.8Na/c1-21-41(22(2)50(86(64,65)66)29(9)49(21)85(61,62)63)45-33-13-15-35(57-33)46(42-23(3)51(87(67,68)69)30(10)52(24(42)4)88(70,71)72)37-17-19-39(59-37)48(44-27(7)55(91(79,80)81)32(12)56(28(44)8)92(82,83)84)40-20-18-38(60-40)47(36-16-14-34(45)58-36)43-25(5)53(89(73,74)75)31(11)54(26(43)6)90(76,77)78;;;;;;;;;/h13-20H,1-12H3,(H,61,62,63)(H,64,65,66)(H,67,68,69)(H,70,71,72)(H,73,74,75)(H,76,77,78)(H,79,80,81)(H,82,83,84);;;;;;;;;/q-2;+2;8*+1/p-8. The molecule has 4 aromatic carbocycles. The Balaban J connectivity index is 0.0000111. The van der Waals surface area contributed by atoms with Gasteiger partial charge in [0.15, 0.2) is 0 Å². The predicted molar refractivity (Wildman–Crippen MR) is 319 cm³/mol. The van der Waals surface area contributed by atoms with Crippen LogP contribution in [0.5, 0.6) is 0 Å². The smallest absolute Gasteiger partial charge is 0.744 e. The van der Waals surface area contributed by atoms with E-state index in [-0.39, 0.29) is 254 Å². The Bertz CT molecular complexity index is 5450. The molecule has 9 rings (SSSR count). The average molecular weight is 1650 g/mol. The molecule has 496 valence electrons. The van der Waals surface area contributed by atoms with Gasteiger partial charge in [0.1, 0.15) is 80.9 Å². The Morgan fingerprint density at radius 1 is 0.228 bits per heavy atom. The van der Waals surface area contributed by atoms with Crippen molar-refractivity contribution >= 4 is 127 Å². The fraction of sp³-hybridized carbons (Fsp3) is 0.214. The van der Waals surface area contributed by atoms with Crippen LogP contribution < -0.4 is 246 Å². The van der Waals surface area contributed by atoms with E-state index in [0.29, 0.717) is 0 Å². The SMILES string of the molecule is Cc1c(-c2c3nc(c(-c4c(C)c(S(=O)(=O)[O-])c(C)c(S(=O)(=O)[O-])c4C)c4ccc([n-]4)c(-c4c(C)c(S(=O)(=O)[O-])c(C)c(S(=O)(=O)[O-])c4C)c4ccc([n-]4)c(-c4c(C)c(S(=O)(=O)[O-])c(C)c(S(=O)(=O)[O-])c4C)c4nc2C=C4)C=C3)c(C)c(S(=O)(=O)[O-])c(C)c1S(=O)(=O)[O-].[Fe+2].[Na+].[Na+].[Na+].[Na+].[Na+].[Na+].[Na+].[Na+]. The number of nitrogens with zero attached hydrogens (tertiary/aromatic N) is 4. The fourth-order valence-electron chi connectivity index (χ4n) is 13.3. The third kappa shape index (κ3) is 19.0. The minimum absolute atomic E-state index is 0. The number of rotatable bonds is 12. The topological polar surface area (TPSA) is 512 Å². The van der Waals surface area contributed by atoms with Gasteiger partial charge in [-0.3, -0.25) is 0 Å². The molecule has 2 aliphatic rings. The summed E-state index contributed by atoms with van der Waals surface area (Å²) >= 11 is 0. The van der Waals surface area contributed by atoms with E-state index < -0.39 is 276 Å². The van der Waals surface area contributed by atoms with Gasteiger partial charge in [-0.25, -0.2) is 77.3 Å². The summed E-state index contributed by atoms with van der Waals surface area (Å²) in [6, 6.07) is 4.44. The van der Waals surface area contributed by atoms with Crippen molar-refractivity contribution in [3.8, 4) is 44.5 Å². The van der Waals surface area contributed by atoms with Crippen LogP contribution in [0.2, 0.25) is 0 Å². The first-order valence-corrected chi connectivity index (χ1v) is 37.3. The molecule has 5 heterocycles. The molecule has 0 fully saturated rings. The van der Waals surface area contributed by atoms with Crippen LogP contribution in [0.25, 0.3) is 90.9 Å². The van der Waals surface area contributed by atoms with Gasteiger partial charge in [-0.2, -0.15) is 0 Å². The molecule has 7 aromatic rings. The molecule has 0 radical (unpaired) electrons. The van der Waals surface area contributed by atoms with Crippen LogP contribution in [0.15, 0.2) is 63.4 Å². The van der Waals surface area contributed by atoms with E-state index in [2.05, 4.69) is 0 Å². The summed E-state index contributed by atoms with van der Waals surface area (Å²) in [7, 11) is -46.4. The molecule has 8 bridgehead atoms. The molecule has 0 unspecified atom stereocenters. The van der Waals surface area contributed by atoms with Crippen molar-refractivity contribution in [2.75, 3.05) is 0 Å². The molecule has 3 aromatic heterocycles. The maximum atomic E-state index is 13.3. The van der Waals surface area contributed by atoms with Gasteiger partial charge in [0, 0.05) is 5.56 Å². The number of aromatic nitrogens is 4. The van der Waals surface area contributed by atoms with Crippen LogP contribution in [0, 0.1) is 83.1 Å². The Hall–Kier alpha value is 1.28. The number of hydrogen-bond acceptors (Lipinski definition) is 26. The van der Waals surface area contributed by atoms with Gasteiger partial charge >= 0.3 is 254 Å². The minimum Gasteiger partial charge on any atom is -0.744 e. The van der Waals surface area contributed by atoms with Crippen LogP contribution >= 0.6 is 0 Å². The van der Waals surface area contributed by atoms with Crippen molar-refractivity contribution in [3.63, 3.8) is 0 Å². The first-order chi connectivity index (χ1) is 41.8. The predicted octanol–water partition coefficient (Wildman–Crippen LogP) is -18.5. The quantitative estimate of drug-likeness (QED) is 0.0809. The molecule has 0 aliphatic carbocycles. The zero-order valence-electron chi connectivity index (χ0n) is 57.8. The molecule has 45 heteroatoms. The molecule has 0 saturated heterocycles. The summed E-state index contributed by atoms with van der Waals surface area (Å²) in [4.78, 5) is 9.35. The number of benzene rings is 4. The third-order valence-corrected chi connectivity index (χ3v) is 25.0. The molecule has 0 atom stereocenters. The van der Waals surface area contributed by atoms with Crippen molar-refractivity contribution in [1.82, 2.24) is 19.9 Å². The molecule has 0 amide bonds. The van der Waals surface area contributed by atoms with Gasteiger partial charge in [-0.05, 0) is 213 Å². The van der Waals surface area contributed by atoms with E-state index in [9.17, 15) is 104 Å². The van der Waals surface area contributed by atoms with Crippen LogP contribution in [0.3, 0.4) is 0 Å². The molecule has 2 aliphatic heterocycles. The van der Waals surface area contributed by atoms with Gasteiger partial charge in [0.05, 0.1) is 61.9 Å². The average Bonchev–Trinajstić information content (AvgIpc) is 1.72. The van der Waals surface area contributed by atoms with E-state index in [1.807, 2.05) is 0 Å². The van der Waals surface area contributed by atoms with Crippen molar-refractivity contribution in [3.05, 3.63) is 114 Å². The van der Waals surface area contributed by atoms with Crippen LogP contribution in [-0.4, -0.2) is 114 Å². The van der Waals surface area contributed by atoms with Gasteiger partial charge in [0.25, 0.3) is 0 Å². The van der Waals surface area contributed by atoms with Crippen molar-refractivity contribution in [2.45, 2.75) is 122 Å².